The molecular formula is C14H15N3O3. The summed E-state index contributed by atoms with van der Waals surface area (Å²) in [4.78, 5) is 14.4. The third-order valence-electron chi connectivity index (χ3n) is 2.84. The maximum atomic E-state index is 10.7. The van der Waals surface area contributed by atoms with Crippen LogP contribution in [0, 0.1) is 10.1 Å². The summed E-state index contributed by atoms with van der Waals surface area (Å²) in [7, 11) is 0. The molecule has 1 aromatic heterocycles. The summed E-state index contributed by atoms with van der Waals surface area (Å²) in [6, 6.07) is 9.44. The maximum absolute atomic E-state index is 10.7. The van der Waals surface area contributed by atoms with Gasteiger partial charge in [-0.3, -0.25) is 15.1 Å². The van der Waals surface area contributed by atoms with Gasteiger partial charge in [-0.25, -0.2) is 0 Å². The lowest BCUT2D eigenvalue weighted by Gasteiger charge is -2.09. The van der Waals surface area contributed by atoms with Gasteiger partial charge < -0.3 is 10.5 Å². The maximum Gasteiger partial charge on any atom is 0.273 e. The largest absolute Gasteiger partial charge is 0.455 e. The molecule has 0 aliphatic carbocycles. The second kappa shape index (κ2) is 6.12. The van der Waals surface area contributed by atoms with Crippen molar-refractivity contribution in [3.05, 3.63) is 58.4 Å². The summed E-state index contributed by atoms with van der Waals surface area (Å²) in [6.07, 6.45) is 2.36. The van der Waals surface area contributed by atoms with E-state index in [0.717, 1.165) is 12.1 Å². The van der Waals surface area contributed by atoms with Crippen LogP contribution in [0.3, 0.4) is 0 Å². The zero-order chi connectivity index (χ0) is 14.5. The van der Waals surface area contributed by atoms with Crippen molar-refractivity contribution in [2.45, 2.75) is 19.4 Å². The van der Waals surface area contributed by atoms with E-state index in [-0.39, 0.29) is 11.7 Å². The van der Waals surface area contributed by atoms with E-state index in [1.165, 1.54) is 12.1 Å². The summed E-state index contributed by atoms with van der Waals surface area (Å²) >= 11 is 0. The lowest BCUT2D eigenvalue weighted by molar-refractivity contribution is -0.384. The summed E-state index contributed by atoms with van der Waals surface area (Å²) in [5.74, 6) is 0.908. The summed E-state index contributed by atoms with van der Waals surface area (Å²) in [5, 5.41) is 10.7. The third kappa shape index (κ3) is 3.30. The highest BCUT2D eigenvalue weighted by molar-refractivity contribution is 5.40. The number of ether oxygens (including phenoxy) is 1. The smallest absolute Gasteiger partial charge is 0.273 e. The van der Waals surface area contributed by atoms with Crippen LogP contribution in [0.2, 0.25) is 0 Å². The molecule has 0 bridgehead atoms. The van der Waals surface area contributed by atoms with Crippen LogP contribution < -0.4 is 10.5 Å². The van der Waals surface area contributed by atoms with Gasteiger partial charge in [0.1, 0.15) is 11.5 Å². The number of benzene rings is 1. The van der Waals surface area contributed by atoms with E-state index in [4.69, 9.17) is 10.5 Å². The fraction of sp³-hybridized carbons (Fsp3) is 0.214. The molecule has 1 atom stereocenters. The molecule has 20 heavy (non-hydrogen) atoms. The molecule has 1 unspecified atom stereocenters. The van der Waals surface area contributed by atoms with Gasteiger partial charge in [-0.15, -0.1) is 0 Å². The Bertz CT molecular complexity index is 599. The molecule has 0 amide bonds. The minimum Gasteiger partial charge on any atom is -0.455 e. The molecule has 2 aromatic rings. The minimum absolute atomic E-state index is 0.0138. The van der Waals surface area contributed by atoms with E-state index >= 15 is 0 Å². The number of hydrogen-bond acceptors (Lipinski definition) is 5. The summed E-state index contributed by atoms with van der Waals surface area (Å²) in [6.45, 7) is 1.99. The topological polar surface area (TPSA) is 91.3 Å². The van der Waals surface area contributed by atoms with Crippen LogP contribution in [0.4, 0.5) is 5.69 Å². The summed E-state index contributed by atoms with van der Waals surface area (Å²) < 4.78 is 5.53. The van der Waals surface area contributed by atoms with Crippen LogP contribution in [-0.4, -0.2) is 9.91 Å². The monoisotopic (exact) mass is 273 g/mol. The highest BCUT2D eigenvalue weighted by Crippen LogP contribution is 2.25. The first-order valence-corrected chi connectivity index (χ1v) is 6.24. The van der Waals surface area contributed by atoms with Gasteiger partial charge in [0.05, 0.1) is 22.9 Å². The Kier molecular flexibility index (Phi) is 4.27. The molecule has 104 valence electrons. The second-order valence-electron chi connectivity index (χ2n) is 4.29. The van der Waals surface area contributed by atoms with E-state index in [1.807, 2.05) is 6.92 Å². The molecule has 2 rings (SSSR count). The molecule has 6 heteroatoms. The number of rotatable bonds is 5. The van der Waals surface area contributed by atoms with Gasteiger partial charge in [-0.1, -0.05) is 13.0 Å². The Labute approximate surface area is 116 Å². The Balaban J connectivity index is 2.14. The van der Waals surface area contributed by atoms with Crippen molar-refractivity contribution >= 4 is 5.69 Å². The molecule has 0 saturated heterocycles. The van der Waals surface area contributed by atoms with Crippen molar-refractivity contribution < 1.29 is 9.66 Å². The van der Waals surface area contributed by atoms with E-state index in [0.29, 0.717) is 11.5 Å². The van der Waals surface area contributed by atoms with Crippen LogP contribution in [0.25, 0.3) is 0 Å². The molecular weight excluding hydrogens is 258 g/mol. The van der Waals surface area contributed by atoms with Gasteiger partial charge in [0.15, 0.2) is 0 Å². The van der Waals surface area contributed by atoms with E-state index in [2.05, 4.69) is 4.98 Å². The van der Waals surface area contributed by atoms with Gasteiger partial charge in [0, 0.05) is 12.1 Å². The van der Waals surface area contributed by atoms with Crippen molar-refractivity contribution in [2.24, 2.45) is 5.73 Å². The third-order valence-corrected chi connectivity index (χ3v) is 2.84. The number of aromatic nitrogens is 1. The fourth-order valence-corrected chi connectivity index (χ4v) is 1.68. The molecule has 0 saturated carbocycles. The van der Waals surface area contributed by atoms with Gasteiger partial charge in [-0.2, -0.15) is 0 Å². The Morgan fingerprint density at radius 3 is 2.75 bits per heavy atom. The highest BCUT2D eigenvalue weighted by atomic mass is 16.6. The van der Waals surface area contributed by atoms with E-state index in [1.54, 1.807) is 30.5 Å². The standard InChI is InChI=1S/C14H15N3O3/c1-2-13(15)14-7-6-12(9-16-14)20-11-5-3-4-10(8-11)17(18)19/h3-9,13H,2,15H2,1H3. The first-order chi connectivity index (χ1) is 9.60. The number of non-ortho nitro benzene ring substituents is 1. The van der Waals surface area contributed by atoms with E-state index in [9.17, 15) is 10.1 Å². The minimum atomic E-state index is -0.464. The van der Waals surface area contributed by atoms with Crippen LogP contribution >= 0.6 is 0 Å². The molecule has 0 aliphatic rings. The predicted molar refractivity (Wildman–Crippen MR) is 74.6 cm³/mol. The number of nitrogens with two attached hydrogens (primary N) is 1. The average molecular weight is 273 g/mol. The highest BCUT2D eigenvalue weighted by Gasteiger charge is 2.08. The van der Waals surface area contributed by atoms with Gasteiger partial charge >= 0.3 is 0 Å². The zero-order valence-electron chi connectivity index (χ0n) is 11.0. The Morgan fingerprint density at radius 1 is 1.35 bits per heavy atom. The molecule has 0 aliphatic heterocycles. The number of nitrogens with zero attached hydrogens (tertiary/aromatic N) is 2. The molecule has 1 aromatic carbocycles. The lowest BCUT2D eigenvalue weighted by atomic mass is 10.1. The zero-order valence-corrected chi connectivity index (χ0v) is 11.0. The number of nitro benzene ring substituents is 1. The second-order valence-corrected chi connectivity index (χ2v) is 4.29. The van der Waals surface area contributed by atoms with Crippen LogP contribution in [-0.2, 0) is 0 Å². The number of hydrogen-bond donors (Lipinski definition) is 1. The number of nitro groups is 1. The van der Waals surface area contributed by atoms with Crippen LogP contribution in [0.15, 0.2) is 42.6 Å². The van der Waals surface area contributed by atoms with Gasteiger partial charge in [0.2, 0.25) is 0 Å². The predicted octanol–water partition coefficient (Wildman–Crippen LogP) is 3.19. The van der Waals surface area contributed by atoms with Crippen molar-refractivity contribution in [1.82, 2.24) is 4.98 Å². The molecule has 0 radical (unpaired) electrons. The van der Waals surface area contributed by atoms with Crippen molar-refractivity contribution in [3.63, 3.8) is 0 Å². The molecule has 0 fully saturated rings. The Morgan fingerprint density at radius 2 is 2.15 bits per heavy atom. The number of pyridine rings is 1. The SMILES string of the molecule is CCC(N)c1ccc(Oc2cccc([N+](=O)[O-])c2)cn1. The van der Waals surface area contributed by atoms with E-state index < -0.39 is 4.92 Å². The van der Waals surface area contributed by atoms with Crippen LogP contribution in [0.1, 0.15) is 25.1 Å². The molecule has 0 spiro atoms. The lowest BCUT2D eigenvalue weighted by Crippen LogP contribution is -2.10. The van der Waals surface area contributed by atoms with Crippen LogP contribution in [0.5, 0.6) is 11.5 Å². The molecule has 2 N–H and O–H groups in total. The van der Waals surface area contributed by atoms with Gasteiger partial charge in [-0.05, 0) is 24.6 Å². The van der Waals surface area contributed by atoms with Gasteiger partial charge in [0.25, 0.3) is 5.69 Å². The van der Waals surface area contributed by atoms with Crippen molar-refractivity contribution in [1.29, 1.82) is 0 Å². The average Bonchev–Trinajstić information content (AvgIpc) is 2.47. The van der Waals surface area contributed by atoms with Crippen molar-refractivity contribution in [2.75, 3.05) is 0 Å². The molecule has 1 heterocycles. The normalized spacial score (nSPS) is 11.9. The Hall–Kier alpha value is -2.47. The first kappa shape index (κ1) is 14.0. The first-order valence-electron chi connectivity index (χ1n) is 6.24. The quantitative estimate of drug-likeness (QED) is 0.667. The summed E-state index contributed by atoms with van der Waals surface area (Å²) in [5.41, 5.74) is 6.65. The van der Waals surface area contributed by atoms with Crippen molar-refractivity contribution in [3.8, 4) is 11.5 Å². The fourth-order valence-electron chi connectivity index (χ4n) is 1.68. The molecule has 6 nitrogen and oxygen atoms in total.